The van der Waals surface area contributed by atoms with E-state index in [1.807, 2.05) is 11.3 Å². The summed E-state index contributed by atoms with van der Waals surface area (Å²) < 4.78 is 2.63. The van der Waals surface area contributed by atoms with Crippen LogP contribution in [0.5, 0.6) is 0 Å². The van der Waals surface area contributed by atoms with Gasteiger partial charge in [-0.2, -0.15) is 0 Å². The minimum absolute atomic E-state index is 1.13. The van der Waals surface area contributed by atoms with E-state index in [4.69, 9.17) is 0 Å². The lowest BCUT2D eigenvalue weighted by Crippen LogP contribution is -2.09. The quantitative estimate of drug-likeness (QED) is 0.176. The van der Waals surface area contributed by atoms with Gasteiger partial charge in [0, 0.05) is 37.2 Å². The van der Waals surface area contributed by atoms with E-state index in [2.05, 4.69) is 181 Å². The molecule has 0 N–H and O–H groups in total. The van der Waals surface area contributed by atoms with Gasteiger partial charge < -0.3 is 4.90 Å². The third kappa shape index (κ3) is 4.31. The van der Waals surface area contributed by atoms with E-state index in [1.54, 1.807) is 0 Å². The highest BCUT2D eigenvalue weighted by Gasteiger charge is 2.17. The summed E-state index contributed by atoms with van der Waals surface area (Å²) in [5.41, 5.74) is 5.88. The Balaban J connectivity index is 1.17. The minimum Gasteiger partial charge on any atom is -0.310 e. The van der Waals surface area contributed by atoms with Crippen LogP contribution in [0.4, 0.5) is 17.1 Å². The highest BCUT2D eigenvalue weighted by Crippen LogP contribution is 2.43. The van der Waals surface area contributed by atoms with Gasteiger partial charge in [-0.1, -0.05) is 127 Å². The fourth-order valence-corrected chi connectivity index (χ4v) is 8.62. The second-order valence-corrected chi connectivity index (χ2v) is 13.6. The van der Waals surface area contributed by atoms with Crippen molar-refractivity contribution in [3.05, 3.63) is 176 Å². The summed E-state index contributed by atoms with van der Waals surface area (Å²) in [6, 6.07) is 64.6. The first-order valence-corrected chi connectivity index (χ1v) is 17.2. The average Bonchev–Trinajstić information content (AvgIpc) is 3.53. The Hall–Kier alpha value is -5.96. The molecule has 0 saturated carbocycles. The number of benzene rings is 9. The van der Waals surface area contributed by atoms with E-state index >= 15 is 0 Å². The van der Waals surface area contributed by atoms with Gasteiger partial charge in [0.2, 0.25) is 0 Å². The van der Waals surface area contributed by atoms with Crippen molar-refractivity contribution in [2.75, 3.05) is 4.90 Å². The van der Waals surface area contributed by atoms with Gasteiger partial charge in [-0.05, 0) is 103 Å². The summed E-state index contributed by atoms with van der Waals surface area (Å²) in [6.45, 7) is 0. The second kappa shape index (κ2) is 10.8. The molecule has 9 aromatic carbocycles. The Bertz CT molecular complexity index is 2840. The third-order valence-electron chi connectivity index (χ3n) is 9.81. The molecule has 10 aromatic rings. The van der Waals surface area contributed by atoms with E-state index in [0.29, 0.717) is 0 Å². The summed E-state index contributed by atoms with van der Waals surface area (Å²) in [5, 5.41) is 12.8. The van der Waals surface area contributed by atoms with Crippen molar-refractivity contribution >= 4 is 91.7 Å². The fourth-order valence-electron chi connectivity index (χ4n) is 7.53. The number of hydrogen-bond acceptors (Lipinski definition) is 2. The standard InChI is InChI=1S/C46H29NS/c1-3-11-38-30(8-1)10-7-14-39(38)32-20-22-35(23-21-32)47(37-25-27-45-43(29-37)42-13-5-6-15-44(42)48-45)36-24-26-41-34(28-36)19-18-33-17-16-31-9-2-4-12-40(31)46(33)41/h1-29H. The SMILES string of the molecule is c1ccc2c(-c3ccc(N(c4ccc5c(ccc6ccc7ccccc7c65)c4)c4ccc5sc6ccccc6c5c4)cc3)cccc2c1. The van der Waals surface area contributed by atoms with Crippen LogP contribution in [0.1, 0.15) is 0 Å². The van der Waals surface area contributed by atoms with E-state index in [0.717, 1.165) is 17.1 Å². The van der Waals surface area contributed by atoms with Crippen molar-refractivity contribution in [1.29, 1.82) is 0 Å². The molecule has 48 heavy (non-hydrogen) atoms. The molecular weight excluding hydrogens is 599 g/mol. The van der Waals surface area contributed by atoms with E-state index in [9.17, 15) is 0 Å². The van der Waals surface area contributed by atoms with E-state index in [1.165, 1.54) is 74.4 Å². The molecule has 0 spiro atoms. The first kappa shape index (κ1) is 27.2. The van der Waals surface area contributed by atoms with Gasteiger partial charge >= 0.3 is 0 Å². The van der Waals surface area contributed by atoms with Crippen molar-refractivity contribution in [3.63, 3.8) is 0 Å². The Kier molecular flexibility index (Phi) is 6.12. The number of fused-ring (bicyclic) bond motifs is 9. The maximum Gasteiger partial charge on any atom is 0.0468 e. The second-order valence-electron chi connectivity index (χ2n) is 12.5. The van der Waals surface area contributed by atoms with Crippen LogP contribution in [-0.2, 0) is 0 Å². The molecule has 0 bridgehead atoms. The van der Waals surface area contributed by atoms with Gasteiger partial charge in [0.05, 0.1) is 0 Å². The van der Waals surface area contributed by atoms with Crippen LogP contribution in [0, 0.1) is 0 Å². The van der Waals surface area contributed by atoms with Crippen molar-refractivity contribution < 1.29 is 0 Å². The van der Waals surface area contributed by atoms with Crippen LogP contribution in [0.25, 0.3) is 74.4 Å². The smallest absolute Gasteiger partial charge is 0.0468 e. The molecule has 224 valence electrons. The van der Waals surface area contributed by atoms with Crippen molar-refractivity contribution in [3.8, 4) is 11.1 Å². The molecule has 1 aromatic heterocycles. The molecule has 10 rings (SSSR count). The molecule has 0 amide bonds. The average molecular weight is 628 g/mol. The molecule has 2 heteroatoms. The predicted molar refractivity (Wildman–Crippen MR) is 209 cm³/mol. The summed E-state index contributed by atoms with van der Waals surface area (Å²) in [4.78, 5) is 2.41. The molecule has 0 saturated heterocycles. The molecule has 1 nitrogen and oxygen atoms in total. The van der Waals surface area contributed by atoms with Crippen molar-refractivity contribution in [2.24, 2.45) is 0 Å². The van der Waals surface area contributed by atoms with Gasteiger partial charge in [-0.25, -0.2) is 0 Å². The van der Waals surface area contributed by atoms with Crippen LogP contribution in [0.15, 0.2) is 176 Å². The normalized spacial score (nSPS) is 11.8. The van der Waals surface area contributed by atoms with Crippen LogP contribution < -0.4 is 4.90 Å². The molecule has 0 fully saturated rings. The Morgan fingerprint density at radius 3 is 1.77 bits per heavy atom. The Labute approximate surface area is 282 Å². The third-order valence-corrected chi connectivity index (χ3v) is 11.0. The molecule has 0 unspecified atom stereocenters. The zero-order valence-electron chi connectivity index (χ0n) is 26.1. The lowest BCUT2D eigenvalue weighted by Gasteiger charge is -2.26. The van der Waals surface area contributed by atoms with Gasteiger partial charge in [0.1, 0.15) is 0 Å². The highest BCUT2D eigenvalue weighted by molar-refractivity contribution is 7.25. The first-order valence-electron chi connectivity index (χ1n) is 16.4. The topological polar surface area (TPSA) is 3.24 Å². The zero-order valence-corrected chi connectivity index (χ0v) is 26.9. The molecule has 1 heterocycles. The van der Waals surface area contributed by atoms with Crippen LogP contribution in [-0.4, -0.2) is 0 Å². The first-order chi connectivity index (χ1) is 23.8. The predicted octanol–water partition coefficient (Wildman–Crippen LogP) is 13.8. The molecule has 0 aliphatic heterocycles. The largest absolute Gasteiger partial charge is 0.310 e. The van der Waals surface area contributed by atoms with E-state index < -0.39 is 0 Å². The summed E-state index contributed by atoms with van der Waals surface area (Å²) >= 11 is 1.86. The highest BCUT2D eigenvalue weighted by atomic mass is 32.1. The maximum atomic E-state index is 2.41. The summed E-state index contributed by atoms with van der Waals surface area (Å²) in [6.07, 6.45) is 0. The van der Waals surface area contributed by atoms with Crippen molar-refractivity contribution in [2.45, 2.75) is 0 Å². The zero-order chi connectivity index (χ0) is 31.6. The van der Waals surface area contributed by atoms with Gasteiger partial charge in [0.25, 0.3) is 0 Å². The summed E-state index contributed by atoms with van der Waals surface area (Å²) in [7, 11) is 0. The molecule has 0 aliphatic rings. The van der Waals surface area contributed by atoms with Gasteiger partial charge in [0.15, 0.2) is 0 Å². The van der Waals surface area contributed by atoms with Crippen LogP contribution >= 0.6 is 11.3 Å². The molecular formula is C46H29NS. The number of hydrogen-bond donors (Lipinski definition) is 0. The van der Waals surface area contributed by atoms with E-state index in [-0.39, 0.29) is 0 Å². The number of rotatable bonds is 4. The number of nitrogens with zero attached hydrogens (tertiary/aromatic N) is 1. The number of thiophene rings is 1. The fraction of sp³-hybridized carbons (Fsp3) is 0. The summed E-state index contributed by atoms with van der Waals surface area (Å²) in [5.74, 6) is 0. The number of anilines is 3. The Morgan fingerprint density at radius 2 is 0.917 bits per heavy atom. The van der Waals surface area contributed by atoms with Gasteiger partial charge in [-0.3, -0.25) is 0 Å². The lowest BCUT2D eigenvalue weighted by atomic mass is 9.96. The van der Waals surface area contributed by atoms with Crippen LogP contribution in [0.2, 0.25) is 0 Å². The van der Waals surface area contributed by atoms with Gasteiger partial charge in [-0.15, -0.1) is 11.3 Å². The maximum absolute atomic E-state index is 2.41. The van der Waals surface area contributed by atoms with Crippen LogP contribution in [0.3, 0.4) is 0 Å². The molecule has 0 aliphatic carbocycles. The Morgan fingerprint density at radius 1 is 0.333 bits per heavy atom. The van der Waals surface area contributed by atoms with Crippen molar-refractivity contribution in [1.82, 2.24) is 0 Å². The molecule has 0 atom stereocenters. The minimum atomic E-state index is 1.13. The molecule has 0 radical (unpaired) electrons. The lowest BCUT2D eigenvalue weighted by molar-refractivity contribution is 1.30. The monoisotopic (exact) mass is 627 g/mol.